The minimum Gasteiger partial charge on any atom is -0.339 e. The Morgan fingerprint density at radius 1 is 1.17 bits per heavy atom. The Hall–Kier alpha value is -1.84. The quantitative estimate of drug-likeness (QED) is 0.893. The van der Waals surface area contributed by atoms with E-state index in [9.17, 15) is 4.79 Å². The van der Waals surface area contributed by atoms with E-state index < -0.39 is 0 Å². The predicted molar refractivity (Wildman–Crippen MR) is 97.9 cm³/mol. The highest BCUT2D eigenvalue weighted by Crippen LogP contribution is 2.26. The summed E-state index contributed by atoms with van der Waals surface area (Å²) in [5.74, 6) is 0.140. The van der Waals surface area contributed by atoms with Crippen molar-refractivity contribution in [2.24, 2.45) is 5.73 Å². The van der Waals surface area contributed by atoms with Crippen LogP contribution in [-0.2, 0) is 11.2 Å². The van der Waals surface area contributed by atoms with Crippen molar-refractivity contribution in [2.75, 3.05) is 6.54 Å². The van der Waals surface area contributed by atoms with Crippen molar-refractivity contribution in [2.45, 2.75) is 37.8 Å². The van der Waals surface area contributed by atoms with Crippen LogP contribution in [0, 0.1) is 0 Å². The number of hydrogen-bond donors (Lipinski definition) is 1. The number of likely N-dealkylation sites (tertiary alicyclic amines) is 1. The Balaban J connectivity index is 1.64. The van der Waals surface area contributed by atoms with Crippen LogP contribution in [0.2, 0.25) is 5.02 Å². The molecule has 2 aromatic carbocycles. The first-order valence-corrected chi connectivity index (χ1v) is 8.86. The summed E-state index contributed by atoms with van der Waals surface area (Å²) in [6.45, 7) is 0.815. The molecule has 2 unspecified atom stereocenters. The van der Waals surface area contributed by atoms with Crippen LogP contribution in [0.4, 0.5) is 0 Å². The molecule has 0 saturated carbocycles. The van der Waals surface area contributed by atoms with Crippen LogP contribution < -0.4 is 5.73 Å². The third-order valence-corrected chi connectivity index (χ3v) is 5.10. The molecule has 2 aromatic rings. The molecule has 24 heavy (non-hydrogen) atoms. The number of benzene rings is 2. The lowest BCUT2D eigenvalue weighted by Gasteiger charge is -2.26. The summed E-state index contributed by atoms with van der Waals surface area (Å²) in [7, 11) is 0. The van der Waals surface area contributed by atoms with Gasteiger partial charge in [0.15, 0.2) is 0 Å². The van der Waals surface area contributed by atoms with E-state index in [0.717, 1.165) is 42.0 Å². The average Bonchev–Trinajstić information content (AvgIpc) is 3.06. The zero-order valence-electron chi connectivity index (χ0n) is 13.7. The second-order valence-corrected chi connectivity index (χ2v) is 6.81. The predicted octanol–water partition coefficient (Wildman–Crippen LogP) is 3.96. The van der Waals surface area contributed by atoms with Crippen molar-refractivity contribution in [1.29, 1.82) is 0 Å². The molecular weight excluding hydrogens is 320 g/mol. The molecule has 2 N–H and O–H groups in total. The number of carbonyl (C=O) groups excluding carboxylic acids is 1. The minimum atomic E-state index is -0.250. The second-order valence-electron chi connectivity index (χ2n) is 6.40. The molecule has 4 heteroatoms. The minimum absolute atomic E-state index is 0.140. The van der Waals surface area contributed by atoms with Gasteiger partial charge in [-0.15, -0.1) is 0 Å². The van der Waals surface area contributed by atoms with E-state index in [1.807, 2.05) is 59.5 Å². The van der Waals surface area contributed by atoms with Crippen molar-refractivity contribution < 1.29 is 4.79 Å². The van der Waals surface area contributed by atoms with E-state index >= 15 is 0 Å². The fourth-order valence-electron chi connectivity index (χ4n) is 3.42. The van der Waals surface area contributed by atoms with Crippen LogP contribution in [0.3, 0.4) is 0 Å². The first-order chi connectivity index (χ1) is 11.6. The zero-order valence-corrected chi connectivity index (χ0v) is 14.5. The summed E-state index contributed by atoms with van der Waals surface area (Å²) >= 11 is 6.27. The van der Waals surface area contributed by atoms with E-state index in [0.29, 0.717) is 6.42 Å². The summed E-state index contributed by atoms with van der Waals surface area (Å²) < 4.78 is 0. The maximum Gasteiger partial charge on any atom is 0.224 e. The third-order valence-electron chi connectivity index (χ3n) is 4.73. The van der Waals surface area contributed by atoms with Gasteiger partial charge in [-0.25, -0.2) is 0 Å². The lowest BCUT2D eigenvalue weighted by Crippen LogP contribution is -2.38. The molecule has 3 nitrogen and oxygen atoms in total. The van der Waals surface area contributed by atoms with E-state index in [4.69, 9.17) is 17.3 Å². The van der Waals surface area contributed by atoms with Crippen LogP contribution >= 0.6 is 11.6 Å². The normalized spacial score (nSPS) is 18.6. The van der Waals surface area contributed by atoms with Crippen LogP contribution in [0.25, 0.3) is 0 Å². The van der Waals surface area contributed by atoms with Gasteiger partial charge in [0.25, 0.3) is 0 Å². The Morgan fingerprint density at radius 2 is 1.88 bits per heavy atom. The van der Waals surface area contributed by atoms with Crippen LogP contribution in [0.5, 0.6) is 0 Å². The maximum atomic E-state index is 12.7. The lowest BCUT2D eigenvalue weighted by atomic mass is 10.0. The molecule has 1 saturated heterocycles. The summed E-state index contributed by atoms with van der Waals surface area (Å²) in [5, 5.41) is 0.776. The van der Waals surface area contributed by atoms with Crippen LogP contribution in [0.1, 0.15) is 36.4 Å². The molecule has 0 bridgehead atoms. The Bertz CT molecular complexity index is 689. The molecule has 1 aliphatic heterocycles. The Labute approximate surface area is 148 Å². The standard InChI is InChI=1S/C20H23ClN2O/c21-18-11-5-4-9-16(18)13-17-10-6-12-23(17)20(24)14-19(22)15-7-2-1-3-8-15/h1-5,7-9,11,17,19H,6,10,12-14,22H2. The number of nitrogens with zero attached hydrogens (tertiary/aromatic N) is 1. The molecular formula is C20H23ClN2O. The van der Waals surface area contributed by atoms with Gasteiger partial charge in [0.05, 0.1) is 0 Å². The van der Waals surface area contributed by atoms with Crippen molar-refractivity contribution >= 4 is 17.5 Å². The van der Waals surface area contributed by atoms with Gasteiger partial charge < -0.3 is 10.6 Å². The molecule has 0 spiro atoms. The first-order valence-electron chi connectivity index (χ1n) is 8.48. The molecule has 1 amide bonds. The molecule has 3 rings (SSSR count). The van der Waals surface area contributed by atoms with Crippen LogP contribution in [0.15, 0.2) is 54.6 Å². The highest BCUT2D eigenvalue weighted by Gasteiger charge is 2.30. The van der Waals surface area contributed by atoms with E-state index in [2.05, 4.69) is 0 Å². The molecule has 2 atom stereocenters. The molecule has 1 heterocycles. The van der Waals surface area contributed by atoms with Gasteiger partial charge in [-0.3, -0.25) is 4.79 Å². The summed E-state index contributed by atoms with van der Waals surface area (Å²) in [6.07, 6.45) is 3.23. The number of rotatable bonds is 5. The van der Waals surface area contributed by atoms with Crippen LogP contribution in [-0.4, -0.2) is 23.4 Å². The number of carbonyl (C=O) groups is 1. The molecule has 0 radical (unpaired) electrons. The number of hydrogen-bond acceptors (Lipinski definition) is 2. The Kier molecular flexibility index (Phi) is 5.54. The number of nitrogens with two attached hydrogens (primary N) is 1. The van der Waals surface area contributed by atoms with Crippen molar-refractivity contribution in [3.63, 3.8) is 0 Å². The summed E-state index contributed by atoms with van der Waals surface area (Å²) in [6, 6.07) is 17.7. The third kappa shape index (κ3) is 3.97. The van der Waals surface area contributed by atoms with Crippen molar-refractivity contribution in [3.8, 4) is 0 Å². The molecule has 0 aliphatic carbocycles. The molecule has 1 fully saturated rings. The Morgan fingerprint density at radius 3 is 2.62 bits per heavy atom. The first kappa shape index (κ1) is 17.0. The largest absolute Gasteiger partial charge is 0.339 e. The fraction of sp³-hybridized carbons (Fsp3) is 0.350. The molecule has 0 aromatic heterocycles. The second kappa shape index (κ2) is 7.82. The number of halogens is 1. The van der Waals surface area contributed by atoms with Gasteiger partial charge in [0.1, 0.15) is 0 Å². The fourth-order valence-corrected chi connectivity index (χ4v) is 3.63. The van der Waals surface area contributed by atoms with E-state index in [1.54, 1.807) is 0 Å². The van der Waals surface area contributed by atoms with Gasteiger partial charge in [0.2, 0.25) is 5.91 Å². The molecule has 1 aliphatic rings. The number of amides is 1. The van der Waals surface area contributed by atoms with Gasteiger partial charge in [0, 0.05) is 30.1 Å². The monoisotopic (exact) mass is 342 g/mol. The smallest absolute Gasteiger partial charge is 0.224 e. The van der Waals surface area contributed by atoms with Gasteiger partial charge >= 0.3 is 0 Å². The van der Waals surface area contributed by atoms with Gasteiger partial charge in [-0.2, -0.15) is 0 Å². The van der Waals surface area contributed by atoms with Crippen molar-refractivity contribution in [1.82, 2.24) is 4.90 Å². The highest BCUT2D eigenvalue weighted by atomic mass is 35.5. The average molecular weight is 343 g/mol. The SMILES string of the molecule is NC(CC(=O)N1CCCC1Cc1ccccc1Cl)c1ccccc1. The summed E-state index contributed by atoms with van der Waals surface area (Å²) in [4.78, 5) is 14.7. The highest BCUT2D eigenvalue weighted by molar-refractivity contribution is 6.31. The molecule has 126 valence electrons. The zero-order chi connectivity index (χ0) is 16.9. The van der Waals surface area contributed by atoms with E-state index in [1.165, 1.54) is 0 Å². The van der Waals surface area contributed by atoms with E-state index in [-0.39, 0.29) is 18.0 Å². The topological polar surface area (TPSA) is 46.3 Å². The van der Waals surface area contributed by atoms with Crippen molar-refractivity contribution in [3.05, 3.63) is 70.7 Å². The van der Waals surface area contributed by atoms with Gasteiger partial charge in [-0.05, 0) is 36.5 Å². The maximum absolute atomic E-state index is 12.7. The summed E-state index contributed by atoms with van der Waals surface area (Å²) in [5.41, 5.74) is 8.33. The lowest BCUT2D eigenvalue weighted by molar-refractivity contribution is -0.132. The van der Waals surface area contributed by atoms with Gasteiger partial charge in [-0.1, -0.05) is 60.1 Å².